The minimum atomic E-state index is -0.409. The molecule has 1 saturated carbocycles. The quantitative estimate of drug-likeness (QED) is 0.592. The summed E-state index contributed by atoms with van der Waals surface area (Å²) in [6, 6.07) is 4.12. The van der Waals surface area contributed by atoms with Crippen LogP contribution in [-0.4, -0.2) is 17.7 Å². The molecule has 1 aliphatic rings. The molecule has 0 radical (unpaired) electrons. The van der Waals surface area contributed by atoms with Gasteiger partial charge in [-0.1, -0.05) is 28.8 Å². The molecule has 0 unspecified atom stereocenters. The SMILES string of the molecule is CC(=O)c1cc(F)ccc1OCC1(CBr)CCCC1. The van der Waals surface area contributed by atoms with Crippen molar-refractivity contribution in [3.05, 3.63) is 29.6 Å². The van der Waals surface area contributed by atoms with Gasteiger partial charge in [0.15, 0.2) is 5.78 Å². The Bertz CT molecular complexity index is 467. The molecule has 0 heterocycles. The van der Waals surface area contributed by atoms with Crippen LogP contribution >= 0.6 is 15.9 Å². The fraction of sp³-hybridized carbons (Fsp3) is 0.533. The molecule has 1 aromatic carbocycles. The number of rotatable bonds is 5. The zero-order valence-corrected chi connectivity index (χ0v) is 12.6. The number of hydrogen-bond donors (Lipinski definition) is 0. The Hall–Kier alpha value is -0.900. The van der Waals surface area contributed by atoms with Crippen molar-refractivity contribution in [2.75, 3.05) is 11.9 Å². The lowest BCUT2D eigenvalue weighted by Gasteiger charge is -2.26. The highest BCUT2D eigenvalue weighted by Gasteiger charge is 2.33. The Morgan fingerprint density at radius 3 is 2.68 bits per heavy atom. The smallest absolute Gasteiger partial charge is 0.163 e. The van der Waals surface area contributed by atoms with Crippen LogP contribution in [0.1, 0.15) is 43.0 Å². The molecule has 0 N–H and O–H groups in total. The Morgan fingerprint density at radius 1 is 1.42 bits per heavy atom. The second-order valence-corrected chi connectivity index (χ2v) is 5.89. The van der Waals surface area contributed by atoms with Gasteiger partial charge in [0.2, 0.25) is 0 Å². The highest BCUT2D eigenvalue weighted by Crippen LogP contribution is 2.40. The number of ether oxygens (including phenoxy) is 1. The summed E-state index contributed by atoms with van der Waals surface area (Å²) in [5.74, 6) is -0.0939. The first-order valence-corrected chi connectivity index (χ1v) is 7.68. The number of carbonyl (C=O) groups is 1. The summed E-state index contributed by atoms with van der Waals surface area (Å²) in [7, 11) is 0. The van der Waals surface area contributed by atoms with E-state index in [1.807, 2.05) is 0 Å². The van der Waals surface area contributed by atoms with E-state index in [2.05, 4.69) is 15.9 Å². The first kappa shape index (κ1) is 14.5. The molecule has 0 bridgehead atoms. The monoisotopic (exact) mass is 328 g/mol. The van der Waals surface area contributed by atoms with Gasteiger partial charge < -0.3 is 4.74 Å². The third kappa shape index (κ3) is 3.35. The third-order valence-corrected chi connectivity index (χ3v) is 4.99. The number of Topliss-reactive ketones (excluding diaryl/α,β-unsaturated/α-hetero) is 1. The van der Waals surface area contributed by atoms with Gasteiger partial charge >= 0.3 is 0 Å². The molecule has 0 spiro atoms. The van der Waals surface area contributed by atoms with Gasteiger partial charge in [-0.15, -0.1) is 0 Å². The van der Waals surface area contributed by atoms with Crippen LogP contribution in [-0.2, 0) is 0 Å². The Morgan fingerprint density at radius 2 is 2.11 bits per heavy atom. The number of hydrogen-bond acceptors (Lipinski definition) is 2. The second kappa shape index (κ2) is 6.04. The molecule has 2 nitrogen and oxygen atoms in total. The van der Waals surface area contributed by atoms with E-state index < -0.39 is 5.82 Å². The zero-order chi connectivity index (χ0) is 13.9. The largest absolute Gasteiger partial charge is 0.492 e. The van der Waals surface area contributed by atoms with Gasteiger partial charge in [0.1, 0.15) is 11.6 Å². The Balaban J connectivity index is 2.13. The molecular formula is C15H18BrFO2. The maximum absolute atomic E-state index is 13.2. The van der Waals surface area contributed by atoms with Gasteiger partial charge in [-0.2, -0.15) is 0 Å². The molecule has 1 fully saturated rings. The van der Waals surface area contributed by atoms with Gasteiger partial charge in [-0.25, -0.2) is 4.39 Å². The average Bonchev–Trinajstić information content (AvgIpc) is 2.86. The lowest BCUT2D eigenvalue weighted by Crippen LogP contribution is -2.27. The van der Waals surface area contributed by atoms with Crippen molar-refractivity contribution in [2.24, 2.45) is 5.41 Å². The molecule has 2 rings (SSSR count). The van der Waals surface area contributed by atoms with E-state index in [-0.39, 0.29) is 11.2 Å². The van der Waals surface area contributed by atoms with Crippen LogP contribution in [0.4, 0.5) is 4.39 Å². The van der Waals surface area contributed by atoms with Crippen molar-refractivity contribution in [1.82, 2.24) is 0 Å². The molecule has 4 heteroatoms. The Kier molecular flexibility index (Phi) is 4.61. The molecule has 0 saturated heterocycles. The van der Waals surface area contributed by atoms with Crippen molar-refractivity contribution >= 4 is 21.7 Å². The maximum Gasteiger partial charge on any atom is 0.163 e. The fourth-order valence-corrected chi connectivity index (χ4v) is 3.30. The van der Waals surface area contributed by atoms with E-state index in [9.17, 15) is 9.18 Å². The minimum Gasteiger partial charge on any atom is -0.492 e. The standard InChI is InChI=1S/C15H18BrFO2/c1-11(18)13-8-12(17)4-5-14(13)19-10-15(9-16)6-2-3-7-15/h4-5,8H,2-3,6-7,9-10H2,1H3. The molecule has 0 atom stereocenters. The van der Waals surface area contributed by atoms with Gasteiger partial charge in [0.25, 0.3) is 0 Å². The van der Waals surface area contributed by atoms with Gasteiger partial charge in [-0.3, -0.25) is 4.79 Å². The number of ketones is 1. The second-order valence-electron chi connectivity index (χ2n) is 5.33. The topological polar surface area (TPSA) is 26.3 Å². The van der Waals surface area contributed by atoms with Crippen molar-refractivity contribution < 1.29 is 13.9 Å². The summed E-state index contributed by atoms with van der Waals surface area (Å²) >= 11 is 3.56. The van der Waals surface area contributed by atoms with E-state index in [0.717, 1.165) is 18.2 Å². The zero-order valence-electron chi connectivity index (χ0n) is 11.0. The molecule has 0 aromatic heterocycles. The van der Waals surface area contributed by atoms with E-state index in [0.29, 0.717) is 17.9 Å². The van der Waals surface area contributed by atoms with Crippen molar-refractivity contribution in [1.29, 1.82) is 0 Å². The number of alkyl halides is 1. The highest BCUT2D eigenvalue weighted by atomic mass is 79.9. The number of halogens is 2. The molecular weight excluding hydrogens is 311 g/mol. The fourth-order valence-electron chi connectivity index (χ4n) is 2.58. The summed E-state index contributed by atoms with van der Waals surface area (Å²) in [4.78, 5) is 11.5. The lowest BCUT2D eigenvalue weighted by molar-refractivity contribution is 0.100. The molecule has 0 amide bonds. The number of carbonyl (C=O) groups excluding carboxylic acids is 1. The summed E-state index contributed by atoms with van der Waals surface area (Å²) < 4.78 is 19.0. The summed E-state index contributed by atoms with van der Waals surface area (Å²) in [6.07, 6.45) is 4.71. The molecule has 104 valence electrons. The van der Waals surface area contributed by atoms with Crippen molar-refractivity contribution in [3.8, 4) is 5.75 Å². The lowest BCUT2D eigenvalue weighted by atomic mass is 9.90. The summed E-state index contributed by atoms with van der Waals surface area (Å²) in [5.41, 5.74) is 0.477. The van der Waals surface area contributed by atoms with E-state index >= 15 is 0 Å². The van der Waals surface area contributed by atoms with Crippen LogP contribution in [0.15, 0.2) is 18.2 Å². The predicted molar refractivity (Wildman–Crippen MR) is 76.6 cm³/mol. The van der Waals surface area contributed by atoms with Crippen molar-refractivity contribution in [3.63, 3.8) is 0 Å². The van der Waals surface area contributed by atoms with Crippen LogP contribution in [0.5, 0.6) is 5.75 Å². The average molecular weight is 329 g/mol. The van der Waals surface area contributed by atoms with Crippen LogP contribution in [0, 0.1) is 11.2 Å². The van der Waals surface area contributed by atoms with Crippen LogP contribution in [0.3, 0.4) is 0 Å². The molecule has 0 aliphatic heterocycles. The first-order chi connectivity index (χ1) is 9.06. The molecule has 19 heavy (non-hydrogen) atoms. The maximum atomic E-state index is 13.2. The molecule has 1 aliphatic carbocycles. The van der Waals surface area contributed by atoms with Gasteiger partial charge in [-0.05, 0) is 38.0 Å². The predicted octanol–water partition coefficient (Wildman–Crippen LogP) is 4.36. The van der Waals surface area contributed by atoms with Crippen LogP contribution in [0.25, 0.3) is 0 Å². The van der Waals surface area contributed by atoms with Gasteiger partial charge in [0.05, 0.1) is 12.2 Å². The van der Waals surface area contributed by atoms with E-state index in [1.165, 1.54) is 31.9 Å². The normalized spacial score (nSPS) is 17.4. The third-order valence-electron chi connectivity index (χ3n) is 3.80. The summed E-state index contributed by atoms with van der Waals surface area (Å²) in [6.45, 7) is 2.00. The van der Waals surface area contributed by atoms with Crippen molar-refractivity contribution in [2.45, 2.75) is 32.6 Å². The minimum absolute atomic E-state index is 0.155. The highest BCUT2D eigenvalue weighted by molar-refractivity contribution is 9.09. The summed E-state index contributed by atoms with van der Waals surface area (Å²) in [5, 5.41) is 0.899. The van der Waals surface area contributed by atoms with Gasteiger partial charge in [0, 0.05) is 10.7 Å². The Labute approximate surface area is 121 Å². The number of benzene rings is 1. The first-order valence-electron chi connectivity index (χ1n) is 6.56. The van der Waals surface area contributed by atoms with E-state index in [1.54, 1.807) is 6.07 Å². The van der Waals surface area contributed by atoms with Crippen LogP contribution in [0.2, 0.25) is 0 Å². The van der Waals surface area contributed by atoms with Crippen LogP contribution < -0.4 is 4.74 Å². The molecule has 1 aromatic rings. The van der Waals surface area contributed by atoms with E-state index in [4.69, 9.17) is 4.74 Å².